The Bertz CT molecular complexity index is 1050. The zero-order valence-electron chi connectivity index (χ0n) is 12.4. The Labute approximate surface area is 146 Å². The minimum Gasteiger partial charge on any atom is -0.357 e. The van der Waals surface area contributed by atoms with E-state index in [-0.39, 0.29) is 22.6 Å². The van der Waals surface area contributed by atoms with Crippen LogP contribution in [0, 0.1) is 5.82 Å². The lowest BCUT2D eigenvalue weighted by Crippen LogP contribution is -2.01. The van der Waals surface area contributed by atoms with E-state index in [1.165, 1.54) is 6.07 Å². The molecule has 5 nitrogen and oxygen atoms in total. The molecule has 0 amide bonds. The second-order valence-corrected chi connectivity index (χ2v) is 6.92. The summed E-state index contributed by atoms with van der Waals surface area (Å²) in [7, 11) is -4.71. The van der Waals surface area contributed by atoms with Crippen molar-refractivity contribution in [2.45, 2.75) is 11.6 Å². The number of alkyl halides is 1. The van der Waals surface area contributed by atoms with Crippen molar-refractivity contribution in [1.29, 1.82) is 0 Å². The van der Waals surface area contributed by atoms with E-state index in [0.717, 1.165) is 12.1 Å². The van der Waals surface area contributed by atoms with Gasteiger partial charge in [0.15, 0.2) is 12.4 Å². The van der Waals surface area contributed by atoms with Gasteiger partial charge < -0.3 is 4.52 Å². The van der Waals surface area contributed by atoms with Crippen LogP contribution in [0.25, 0.3) is 22.4 Å². The third kappa shape index (κ3) is 3.41. The van der Waals surface area contributed by atoms with Crippen LogP contribution in [0.3, 0.4) is 0 Å². The molecule has 0 aliphatic heterocycles. The molecule has 130 valence electrons. The zero-order chi connectivity index (χ0) is 18.2. The molecule has 9 heteroatoms. The molecular formula is C16H10ClF2NO4S. The molecule has 0 atom stereocenters. The van der Waals surface area contributed by atoms with E-state index < -0.39 is 27.5 Å². The molecule has 0 saturated heterocycles. The molecule has 1 heterocycles. The third-order valence-corrected chi connectivity index (χ3v) is 4.60. The van der Waals surface area contributed by atoms with Crippen LogP contribution in [0.2, 0.25) is 5.02 Å². The van der Waals surface area contributed by atoms with Crippen molar-refractivity contribution in [3.63, 3.8) is 0 Å². The summed E-state index contributed by atoms with van der Waals surface area (Å²) < 4.78 is 63.5. The molecule has 2 aromatic carbocycles. The fourth-order valence-electron chi connectivity index (χ4n) is 2.41. The first kappa shape index (κ1) is 17.5. The first-order chi connectivity index (χ1) is 11.8. The van der Waals surface area contributed by atoms with Gasteiger partial charge in [-0.1, -0.05) is 35.0 Å². The van der Waals surface area contributed by atoms with Crippen molar-refractivity contribution in [2.75, 3.05) is 0 Å². The number of hydrogen-bond donors (Lipinski definition) is 1. The molecule has 0 saturated carbocycles. The lowest BCUT2D eigenvalue weighted by atomic mass is 9.99. The quantitative estimate of drug-likeness (QED) is 0.668. The maximum atomic E-state index is 14.1. The maximum Gasteiger partial charge on any atom is 0.297 e. The van der Waals surface area contributed by atoms with Gasteiger partial charge in [-0.3, -0.25) is 4.55 Å². The van der Waals surface area contributed by atoms with E-state index >= 15 is 0 Å². The molecule has 0 fully saturated rings. The highest BCUT2D eigenvalue weighted by Gasteiger charge is 2.22. The SMILES string of the molecule is O=S(=O)(O)c1ccc(-c2c(-c3cccc(Cl)c3)noc2CF)cc1F. The molecular weight excluding hydrogens is 376 g/mol. The van der Waals surface area contributed by atoms with Crippen molar-refractivity contribution in [2.24, 2.45) is 0 Å². The summed E-state index contributed by atoms with van der Waals surface area (Å²) in [6.07, 6.45) is 0. The van der Waals surface area contributed by atoms with Crippen LogP contribution in [0.4, 0.5) is 8.78 Å². The Kier molecular flexibility index (Phi) is 4.59. The van der Waals surface area contributed by atoms with Crippen LogP contribution in [0.1, 0.15) is 5.76 Å². The smallest absolute Gasteiger partial charge is 0.297 e. The topological polar surface area (TPSA) is 80.4 Å². The largest absolute Gasteiger partial charge is 0.357 e. The summed E-state index contributed by atoms with van der Waals surface area (Å²) in [6, 6.07) is 9.52. The number of benzene rings is 2. The molecule has 3 aromatic rings. The number of nitrogens with zero attached hydrogens (tertiary/aromatic N) is 1. The van der Waals surface area contributed by atoms with Crippen molar-refractivity contribution >= 4 is 21.7 Å². The highest BCUT2D eigenvalue weighted by atomic mass is 35.5. The van der Waals surface area contributed by atoms with Gasteiger partial charge in [-0.05, 0) is 29.8 Å². The summed E-state index contributed by atoms with van der Waals surface area (Å²) >= 11 is 5.94. The summed E-state index contributed by atoms with van der Waals surface area (Å²) in [4.78, 5) is -0.876. The highest BCUT2D eigenvalue weighted by molar-refractivity contribution is 7.85. The number of rotatable bonds is 4. The van der Waals surface area contributed by atoms with Gasteiger partial charge in [0.2, 0.25) is 0 Å². The molecule has 25 heavy (non-hydrogen) atoms. The van der Waals surface area contributed by atoms with Crippen LogP contribution < -0.4 is 0 Å². The molecule has 3 rings (SSSR count). The van der Waals surface area contributed by atoms with E-state index in [0.29, 0.717) is 10.6 Å². The average Bonchev–Trinajstić information content (AvgIpc) is 2.97. The average molecular weight is 386 g/mol. The minimum atomic E-state index is -4.71. The molecule has 0 aliphatic rings. The van der Waals surface area contributed by atoms with Gasteiger partial charge in [-0.25, -0.2) is 8.78 Å². The summed E-state index contributed by atoms with van der Waals surface area (Å²) in [5.74, 6) is -1.32. The Hall–Kier alpha value is -2.29. The molecule has 0 unspecified atom stereocenters. The normalized spacial score (nSPS) is 11.7. The second-order valence-electron chi connectivity index (χ2n) is 5.09. The number of hydrogen-bond acceptors (Lipinski definition) is 4. The van der Waals surface area contributed by atoms with Crippen LogP contribution >= 0.6 is 11.6 Å². The first-order valence-corrected chi connectivity index (χ1v) is 8.71. The maximum absolute atomic E-state index is 14.1. The van der Waals surface area contributed by atoms with Gasteiger partial charge >= 0.3 is 0 Å². The van der Waals surface area contributed by atoms with Crippen molar-refractivity contribution in [1.82, 2.24) is 5.16 Å². The minimum absolute atomic E-state index is 0.144. The summed E-state index contributed by atoms with van der Waals surface area (Å²) in [5, 5.41) is 4.23. The van der Waals surface area contributed by atoms with E-state index in [9.17, 15) is 17.2 Å². The standard InChI is InChI=1S/C16H10ClF2NO4S/c17-11-3-1-2-10(6-11)16-15(13(8-18)24-20-16)9-4-5-14(12(19)7-9)25(21,22)23/h1-7H,8H2,(H,21,22,23). The van der Waals surface area contributed by atoms with Gasteiger partial charge in [0.05, 0.1) is 5.56 Å². The van der Waals surface area contributed by atoms with Gasteiger partial charge in [-0.15, -0.1) is 0 Å². The van der Waals surface area contributed by atoms with Crippen molar-refractivity contribution in [3.05, 3.63) is 59.1 Å². The Morgan fingerprint density at radius 2 is 1.92 bits per heavy atom. The van der Waals surface area contributed by atoms with Crippen LogP contribution in [-0.4, -0.2) is 18.1 Å². The molecule has 0 radical (unpaired) electrons. The predicted octanol–water partition coefficient (Wildman–Crippen LogP) is 4.52. The highest BCUT2D eigenvalue weighted by Crippen LogP contribution is 2.36. The van der Waals surface area contributed by atoms with Crippen LogP contribution in [0.5, 0.6) is 0 Å². The van der Waals surface area contributed by atoms with Crippen molar-refractivity contribution in [3.8, 4) is 22.4 Å². The van der Waals surface area contributed by atoms with E-state index in [1.807, 2.05) is 0 Å². The van der Waals surface area contributed by atoms with Gasteiger partial charge in [0.1, 0.15) is 16.4 Å². The molecule has 0 aliphatic carbocycles. The Morgan fingerprint density at radius 3 is 2.52 bits per heavy atom. The van der Waals surface area contributed by atoms with E-state index in [1.54, 1.807) is 24.3 Å². The zero-order valence-corrected chi connectivity index (χ0v) is 14.0. The van der Waals surface area contributed by atoms with E-state index in [2.05, 4.69) is 5.16 Å². The molecule has 1 N–H and O–H groups in total. The third-order valence-electron chi connectivity index (χ3n) is 3.48. The van der Waals surface area contributed by atoms with Gasteiger partial charge in [0, 0.05) is 10.6 Å². The lowest BCUT2D eigenvalue weighted by molar-refractivity contribution is 0.332. The second kappa shape index (κ2) is 6.55. The van der Waals surface area contributed by atoms with E-state index in [4.69, 9.17) is 20.7 Å². The fourth-order valence-corrected chi connectivity index (χ4v) is 3.15. The summed E-state index contributed by atoms with van der Waals surface area (Å²) in [6.45, 7) is -0.995. The fraction of sp³-hybridized carbons (Fsp3) is 0.0625. The molecule has 1 aromatic heterocycles. The molecule has 0 bridgehead atoms. The summed E-state index contributed by atoms with van der Waals surface area (Å²) in [5.41, 5.74) is 1.07. The number of halogens is 3. The first-order valence-electron chi connectivity index (χ1n) is 6.89. The van der Waals surface area contributed by atoms with Crippen LogP contribution in [-0.2, 0) is 16.8 Å². The lowest BCUT2D eigenvalue weighted by Gasteiger charge is -2.06. The monoisotopic (exact) mass is 385 g/mol. The van der Waals surface area contributed by atoms with Crippen molar-refractivity contribution < 1.29 is 26.3 Å². The predicted molar refractivity (Wildman–Crippen MR) is 87.0 cm³/mol. The Balaban J connectivity index is 2.21. The van der Waals surface area contributed by atoms with Gasteiger partial charge in [0.25, 0.3) is 10.1 Å². The van der Waals surface area contributed by atoms with Crippen LogP contribution in [0.15, 0.2) is 51.9 Å². The molecule has 0 spiro atoms. The number of aromatic nitrogens is 1. The van der Waals surface area contributed by atoms with Gasteiger partial charge in [-0.2, -0.15) is 8.42 Å². The Morgan fingerprint density at radius 1 is 1.16 bits per heavy atom.